The highest BCUT2D eigenvalue weighted by Crippen LogP contribution is 2.24. The summed E-state index contributed by atoms with van der Waals surface area (Å²) in [6.07, 6.45) is -2.79. The molecule has 2 aromatic carbocycles. The van der Waals surface area contributed by atoms with Gasteiger partial charge in [0.2, 0.25) is 5.91 Å². The van der Waals surface area contributed by atoms with Crippen molar-refractivity contribution in [2.45, 2.75) is 12.1 Å². The number of carbonyl (C=O) groups is 2. The number of carbonyl (C=O) groups excluding carboxylic acids is 2. The van der Waals surface area contributed by atoms with Gasteiger partial charge in [0.05, 0.1) is 6.54 Å². The molecule has 150 valence electrons. The maximum absolute atomic E-state index is 12.4. The molecule has 5 nitrogen and oxygen atoms in total. The van der Waals surface area contributed by atoms with E-state index in [-0.39, 0.29) is 18.2 Å². The summed E-state index contributed by atoms with van der Waals surface area (Å²) in [6, 6.07) is 11.9. The Morgan fingerprint density at radius 2 is 1.68 bits per heavy atom. The van der Waals surface area contributed by atoms with Gasteiger partial charge in [-0.1, -0.05) is 12.1 Å². The Kier molecular flexibility index (Phi) is 7.33. The van der Waals surface area contributed by atoms with Crippen LogP contribution in [0.5, 0.6) is 5.75 Å². The molecule has 2 aromatic rings. The monoisotopic (exact) mass is 412 g/mol. The van der Waals surface area contributed by atoms with Gasteiger partial charge in [0, 0.05) is 24.1 Å². The summed E-state index contributed by atoms with van der Waals surface area (Å²) in [4.78, 5) is 25.8. The average molecular weight is 412 g/mol. The van der Waals surface area contributed by atoms with Crippen LogP contribution in [0.1, 0.15) is 15.9 Å². The lowest BCUT2D eigenvalue weighted by molar-refractivity contribution is -0.274. The summed E-state index contributed by atoms with van der Waals surface area (Å²) >= 11 is 1.68. The Morgan fingerprint density at radius 1 is 1.07 bits per heavy atom. The van der Waals surface area contributed by atoms with Crippen molar-refractivity contribution in [3.05, 3.63) is 59.7 Å². The normalized spacial score (nSPS) is 11.0. The van der Waals surface area contributed by atoms with Gasteiger partial charge in [0.1, 0.15) is 5.75 Å². The van der Waals surface area contributed by atoms with E-state index in [1.807, 2.05) is 18.4 Å². The lowest BCUT2D eigenvalue weighted by Gasteiger charge is -2.17. The summed E-state index contributed by atoms with van der Waals surface area (Å²) in [5.41, 5.74) is 1.86. The van der Waals surface area contributed by atoms with Crippen LogP contribution < -0.4 is 10.1 Å². The smallest absolute Gasteiger partial charge is 0.406 e. The first-order chi connectivity index (χ1) is 13.2. The molecule has 0 heterocycles. The van der Waals surface area contributed by atoms with Crippen LogP contribution in [0.25, 0.3) is 0 Å². The largest absolute Gasteiger partial charge is 0.573 e. The first kappa shape index (κ1) is 21.6. The van der Waals surface area contributed by atoms with Crippen molar-refractivity contribution in [2.75, 3.05) is 25.2 Å². The van der Waals surface area contributed by atoms with Crippen LogP contribution in [0.15, 0.2) is 48.5 Å². The third-order valence-corrected chi connectivity index (χ3v) is 4.23. The highest BCUT2D eigenvalue weighted by atomic mass is 32.2. The molecule has 0 bridgehead atoms. The van der Waals surface area contributed by atoms with Crippen LogP contribution in [0.3, 0.4) is 0 Å². The Bertz CT molecular complexity index is 809. The number of hydrogen-bond donors (Lipinski definition) is 1. The summed E-state index contributed by atoms with van der Waals surface area (Å²) in [6.45, 7) is -0.202. The van der Waals surface area contributed by atoms with Crippen molar-refractivity contribution in [1.29, 1.82) is 0 Å². The van der Waals surface area contributed by atoms with Crippen LogP contribution in [0.4, 0.5) is 18.9 Å². The fourth-order valence-corrected chi connectivity index (χ4v) is 2.88. The maximum atomic E-state index is 12.4. The number of halogens is 3. The zero-order valence-corrected chi connectivity index (χ0v) is 16.1. The molecule has 0 fully saturated rings. The van der Waals surface area contributed by atoms with Gasteiger partial charge in [-0.25, -0.2) is 0 Å². The number of alkyl halides is 3. The number of likely N-dealkylation sites (N-methyl/N-ethyl adjacent to an activating group) is 1. The van der Waals surface area contributed by atoms with E-state index < -0.39 is 12.3 Å². The average Bonchev–Trinajstić information content (AvgIpc) is 2.62. The predicted octanol–water partition coefficient (Wildman–Crippen LogP) is 4.16. The minimum atomic E-state index is -4.78. The Balaban J connectivity index is 1.90. The molecule has 0 saturated heterocycles. The van der Waals surface area contributed by atoms with Gasteiger partial charge < -0.3 is 15.0 Å². The number of thioether (sulfide) groups is 1. The number of nitrogens with one attached hydrogen (secondary N) is 1. The van der Waals surface area contributed by atoms with E-state index in [1.165, 1.54) is 24.1 Å². The first-order valence-corrected chi connectivity index (χ1v) is 9.56. The van der Waals surface area contributed by atoms with Crippen LogP contribution in [-0.2, 0) is 10.5 Å². The second kappa shape index (κ2) is 9.50. The van der Waals surface area contributed by atoms with Gasteiger partial charge >= 0.3 is 6.36 Å². The highest BCUT2D eigenvalue weighted by Gasteiger charge is 2.31. The van der Waals surface area contributed by atoms with E-state index in [4.69, 9.17) is 0 Å². The molecular weight excluding hydrogens is 393 g/mol. The van der Waals surface area contributed by atoms with E-state index >= 15 is 0 Å². The number of benzene rings is 2. The second-order valence-electron chi connectivity index (χ2n) is 5.91. The molecule has 9 heteroatoms. The van der Waals surface area contributed by atoms with E-state index in [9.17, 15) is 22.8 Å². The molecular formula is C19H19F3N2O3S. The summed E-state index contributed by atoms with van der Waals surface area (Å²) in [5.74, 6) is -0.318. The lowest BCUT2D eigenvalue weighted by atomic mass is 10.1. The van der Waals surface area contributed by atoms with E-state index in [0.717, 1.165) is 23.4 Å². The topological polar surface area (TPSA) is 58.6 Å². The van der Waals surface area contributed by atoms with Gasteiger partial charge in [0.25, 0.3) is 5.91 Å². The number of amides is 2. The summed E-state index contributed by atoms with van der Waals surface area (Å²) in [7, 11) is 1.50. The molecule has 0 saturated carbocycles. The molecule has 2 amide bonds. The number of nitrogens with zero attached hydrogens (tertiary/aromatic N) is 1. The molecule has 1 N–H and O–H groups in total. The summed E-state index contributed by atoms with van der Waals surface area (Å²) < 4.78 is 40.2. The molecule has 28 heavy (non-hydrogen) atoms. The van der Waals surface area contributed by atoms with E-state index in [0.29, 0.717) is 11.3 Å². The maximum Gasteiger partial charge on any atom is 0.573 e. The molecule has 2 rings (SSSR count). The third-order valence-electron chi connectivity index (χ3n) is 3.61. The third kappa shape index (κ3) is 6.80. The van der Waals surface area contributed by atoms with Crippen LogP contribution in [0, 0.1) is 0 Å². The molecule has 0 unspecified atom stereocenters. The highest BCUT2D eigenvalue weighted by molar-refractivity contribution is 7.97. The molecule has 0 aromatic heterocycles. The van der Waals surface area contributed by atoms with Crippen molar-refractivity contribution in [1.82, 2.24) is 4.90 Å². The van der Waals surface area contributed by atoms with Crippen molar-refractivity contribution in [3.8, 4) is 5.75 Å². The predicted molar refractivity (Wildman–Crippen MR) is 102 cm³/mol. The van der Waals surface area contributed by atoms with Gasteiger partial charge in [-0.2, -0.15) is 11.8 Å². The van der Waals surface area contributed by atoms with E-state index in [1.54, 1.807) is 23.9 Å². The lowest BCUT2D eigenvalue weighted by Crippen LogP contribution is -2.34. The molecule has 0 atom stereocenters. The van der Waals surface area contributed by atoms with Gasteiger partial charge in [0.15, 0.2) is 0 Å². The fraction of sp³-hybridized carbons (Fsp3) is 0.263. The van der Waals surface area contributed by atoms with Gasteiger partial charge in [-0.15, -0.1) is 13.2 Å². The SMILES string of the molecule is CSCc1ccc(C(=O)N(C)CC(=O)Nc2ccc(OC(F)(F)F)cc2)cc1. The summed E-state index contributed by atoms with van der Waals surface area (Å²) in [5, 5.41) is 2.52. The van der Waals surface area contributed by atoms with Crippen molar-refractivity contribution >= 4 is 29.3 Å². The number of ether oxygens (including phenoxy) is 1. The molecule has 0 aliphatic heterocycles. The minimum Gasteiger partial charge on any atom is -0.406 e. The number of hydrogen-bond acceptors (Lipinski definition) is 4. The number of rotatable bonds is 7. The van der Waals surface area contributed by atoms with Crippen molar-refractivity contribution in [2.24, 2.45) is 0 Å². The molecule has 0 spiro atoms. The Morgan fingerprint density at radius 3 is 2.21 bits per heavy atom. The first-order valence-electron chi connectivity index (χ1n) is 8.17. The molecule has 0 aliphatic rings. The second-order valence-corrected chi connectivity index (χ2v) is 6.78. The van der Waals surface area contributed by atoms with Gasteiger partial charge in [-0.3, -0.25) is 9.59 Å². The van der Waals surface area contributed by atoms with Crippen molar-refractivity contribution < 1.29 is 27.5 Å². The molecule has 0 radical (unpaired) electrons. The quantitative estimate of drug-likeness (QED) is 0.742. The standard InChI is InChI=1S/C19H19F3N2O3S/c1-24(18(26)14-5-3-13(4-6-14)12-28-2)11-17(25)23-15-7-9-16(10-8-15)27-19(20,21)22/h3-10H,11-12H2,1-2H3,(H,23,25). The zero-order valence-electron chi connectivity index (χ0n) is 15.2. The van der Waals surface area contributed by atoms with Crippen molar-refractivity contribution in [3.63, 3.8) is 0 Å². The van der Waals surface area contributed by atoms with Crippen LogP contribution in [0.2, 0.25) is 0 Å². The minimum absolute atomic E-state index is 0.202. The Hall–Kier alpha value is -2.68. The number of anilines is 1. The molecule has 0 aliphatic carbocycles. The fourth-order valence-electron chi connectivity index (χ4n) is 2.36. The van der Waals surface area contributed by atoms with E-state index in [2.05, 4.69) is 10.1 Å². The Labute approximate surface area is 164 Å². The van der Waals surface area contributed by atoms with Gasteiger partial charge in [-0.05, 0) is 48.2 Å². The zero-order chi connectivity index (χ0) is 20.7. The van der Waals surface area contributed by atoms with Crippen LogP contribution in [-0.4, -0.2) is 42.9 Å². The van der Waals surface area contributed by atoms with Crippen LogP contribution >= 0.6 is 11.8 Å².